The molecule has 0 spiro atoms. The van der Waals surface area contributed by atoms with Crippen molar-refractivity contribution in [1.29, 1.82) is 0 Å². The Morgan fingerprint density at radius 2 is 2.03 bits per heavy atom. The second kappa shape index (κ2) is 7.23. The number of hydrogen-bond acceptors (Lipinski definition) is 6. The Labute approximate surface area is 165 Å². The number of aromatic nitrogens is 6. The van der Waals surface area contributed by atoms with E-state index in [2.05, 4.69) is 36.3 Å². The summed E-state index contributed by atoms with van der Waals surface area (Å²) in [4.78, 5) is 24.5. The molecule has 0 aliphatic rings. The number of aromatic amines is 1. The Morgan fingerprint density at radius 3 is 2.93 bits per heavy atom. The number of nitrogens with one attached hydrogen (secondary N) is 2. The van der Waals surface area contributed by atoms with Gasteiger partial charge in [-0.1, -0.05) is 0 Å². The van der Waals surface area contributed by atoms with Crippen LogP contribution in [-0.4, -0.2) is 36.4 Å². The van der Waals surface area contributed by atoms with E-state index in [0.717, 1.165) is 27.7 Å². The number of imidazole rings is 1. The van der Waals surface area contributed by atoms with Crippen molar-refractivity contribution >= 4 is 27.9 Å². The van der Waals surface area contributed by atoms with Gasteiger partial charge in [0.15, 0.2) is 11.5 Å². The Hall–Kier alpha value is -3.94. The van der Waals surface area contributed by atoms with E-state index in [-0.39, 0.29) is 5.82 Å². The maximum atomic E-state index is 13.7. The lowest BCUT2D eigenvalue weighted by Gasteiger charge is -2.12. The van der Waals surface area contributed by atoms with Gasteiger partial charge in [-0.25, -0.2) is 24.3 Å². The summed E-state index contributed by atoms with van der Waals surface area (Å²) in [6.45, 7) is 0.632. The molecular weight excluding hydrogens is 369 g/mol. The Bertz CT molecular complexity index is 1300. The third-order valence-corrected chi connectivity index (χ3v) is 4.70. The number of nitrogens with zero attached hydrogens (tertiary/aromatic N) is 5. The maximum Gasteiger partial charge on any atom is 0.182 e. The highest BCUT2D eigenvalue weighted by molar-refractivity contribution is 5.84. The summed E-state index contributed by atoms with van der Waals surface area (Å²) in [7, 11) is 0. The number of halogens is 1. The van der Waals surface area contributed by atoms with Crippen LogP contribution in [-0.2, 0) is 6.42 Å². The van der Waals surface area contributed by atoms with Crippen LogP contribution >= 0.6 is 0 Å². The predicted octanol–water partition coefficient (Wildman–Crippen LogP) is 3.76. The van der Waals surface area contributed by atoms with Gasteiger partial charge in [-0.05, 0) is 42.3 Å². The standard InChI is InChI=1S/C21H16FN7/c22-16-4-3-13-8-14(18(29-17(13)9-16)15-2-1-6-23-10-15)5-7-24-20-19-21(26-11-25-19)28-12-27-20/h1-4,6,8-12H,5,7H2,(H2,24,25,26,27,28). The molecule has 4 aromatic heterocycles. The highest BCUT2D eigenvalue weighted by atomic mass is 19.1. The molecule has 5 aromatic rings. The first-order chi connectivity index (χ1) is 14.3. The van der Waals surface area contributed by atoms with Crippen LogP contribution in [0.15, 0.2) is 61.4 Å². The van der Waals surface area contributed by atoms with Gasteiger partial charge in [0.2, 0.25) is 0 Å². The largest absolute Gasteiger partial charge is 0.368 e. The molecule has 1 aromatic carbocycles. The molecule has 0 unspecified atom stereocenters. The van der Waals surface area contributed by atoms with Crippen LogP contribution in [0.1, 0.15) is 5.56 Å². The van der Waals surface area contributed by atoms with Crippen LogP contribution < -0.4 is 5.32 Å². The van der Waals surface area contributed by atoms with E-state index in [1.807, 2.05) is 12.1 Å². The molecule has 7 nitrogen and oxygen atoms in total. The zero-order chi connectivity index (χ0) is 19.6. The zero-order valence-corrected chi connectivity index (χ0v) is 15.3. The molecular formula is C21H16FN7. The summed E-state index contributed by atoms with van der Waals surface area (Å²) < 4.78 is 13.7. The molecule has 0 amide bonds. The quantitative estimate of drug-likeness (QED) is 0.479. The summed E-state index contributed by atoms with van der Waals surface area (Å²) in [6.07, 6.45) is 7.26. The molecule has 0 atom stereocenters. The van der Waals surface area contributed by atoms with E-state index in [4.69, 9.17) is 4.98 Å². The van der Waals surface area contributed by atoms with Crippen LogP contribution in [0, 0.1) is 5.82 Å². The molecule has 4 heterocycles. The Kier molecular flexibility index (Phi) is 4.28. The fourth-order valence-electron chi connectivity index (χ4n) is 3.34. The van der Waals surface area contributed by atoms with Crippen LogP contribution in [0.5, 0.6) is 0 Å². The number of hydrogen-bond donors (Lipinski definition) is 2. The topological polar surface area (TPSA) is 92.3 Å². The van der Waals surface area contributed by atoms with Gasteiger partial charge in [0.25, 0.3) is 0 Å². The Morgan fingerprint density at radius 1 is 1.07 bits per heavy atom. The lowest BCUT2D eigenvalue weighted by atomic mass is 10.0. The minimum atomic E-state index is -0.302. The average Bonchev–Trinajstić information content (AvgIpc) is 3.24. The van der Waals surface area contributed by atoms with Crippen molar-refractivity contribution in [3.63, 3.8) is 0 Å². The fourth-order valence-corrected chi connectivity index (χ4v) is 3.34. The van der Waals surface area contributed by atoms with E-state index in [1.165, 1.54) is 18.5 Å². The van der Waals surface area contributed by atoms with E-state index < -0.39 is 0 Å². The average molecular weight is 385 g/mol. The summed E-state index contributed by atoms with van der Waals surface area (Å²) in [5.41, 5.74) is 4.74. The number of pyridine rings is 2. The van der Waals surface area contributed by atoms with Gasteiger partial charge >= 0.3 is 0 Å². The molecule has 0 bridgehead atoms. The van der Waals surface area contributed by atoms with E-state index in [1.54, 1.807) is 24.8 Å². The van der Waals surface area contributed by atoms with Crippen molar-refractivity contribution < 1.29 is 4.39 Å². The van der Waals surface area contributed by atoms with Crippen LogP contribution in [0.2, 0.25) is 0 Å². The van der Waals surface area contributed by atoms with Gasteiger partial charge in [-0.15, -0.1) is 0 Å². The van der Waals surface area contributed by atoms with Gasteiger partial charge in [-0.2, -0.15) is 0 Å². The first-order valence-corrected chi connectivity index (χ1v) is 9.15. The van der Waals surface area contributed by atoms with Gasteiger partial charge in [0.1, 0.15) is 17.7 Å². The first-order valence-electron chi connectivity index (χ1n) is 9.15. The summed E-state index contributed by atoms with van der Waals surface area (Å²) in [5, 5.41) is 4.23. The summed E-state index contributed by atoms with van der Waals surface area (Å²) in [6, 6.07) is 10.5. The number of H-pyrrole nitrogens is 1. The second-order valence-electron chi connectivity index (χ2n) is 6.58. The third-order valence-electron chi connectivity index (χ3n) is 4.70. The number of rotatable bonds is 5. The van der Waals surface area contributed by atoms with E-state index >= 15 is 0 Å². The summed E-state index contributed by atoms with van der Waals surface area (Å²) >= 11 is 0. The third kappa shape index (κ3) is 3.36. The normalized spacial score (nSPS) is 11.2. The first kappa shape index (κ1) is 17.2. The van der Waals surface area contributed by atoms with Crippen LogP contribution in [0.4, 0.5) is 10.2 Å². The van der Waals surface area contributed by atoms with Crippen molar-refractivity contribution in [3.8, 4) is 11.3 Å². The molecule has 0 saturated heterocycles. The van der Waals surface area contributed by atoms with Crippen molar-refractivity contribution in [1.82, 2.24) is 29.9 Å². The molecule has 0 fully saturated rings. The monoisotopic (exact) mass is 385 g/mol. The molecule has 29 heavy (non-hydrogen) atoms. The molecule has 142 valence electrons. The lowest BCUT2D eigenvalue weighted by Crippen LogP contribution is -2.08. The minimum absolute atomic E-state index is 0.302. The molecule has 5 rings (SSSR count). The zero-order valence-electron chi connectivity index (χ0n) is 15.3. The van der Waals surface area contributed by atoms with Crippen LogP contribution in [0.25, 0.3) is 33.3 Å². The van der Waals surface area contributed by atoms with Gasteiger partial charge < -0.3 is 10.3 Å². The van der Waals surface area contributed by atoms with Gasteiger partial charge in [-0.3, -0.25) is 4.98 Å². The van der Waals surface area contributed by atoms with Crippen molar-refractivity contribution in [2.24, 2.45) is 0 Å². The molecule has 0 radical (unpaired) electrons. The summed E-state index contributed by atoms with van der Waals surface area (Å²) in [5.74, 6) is 0.398. The highest BCUT2D eigenvalue weighted by Crippen LogP contribution is 2.26. The number of benzene rings is 1. The van der Waals surface area contributed by atoms with Gasteiger partial charge in [0.05, 0.1) is 17.5 Å². The SMILES string of the molecule is Fc1ccc2cc(CCNc3ncnc4nc[nH]c34)c(-c3cccnc3)nc2c1. The van der Waals surface area contributed by atoms with E-state index in [9.17, 15) is 4.39 Å². The smallest absolute Gasteiger partial charge is 0.182 e. The molecule has 0 aliphatic carbocycles. The second-order valence-corrected chi connectivity index (χ2v) is 6.58. The van der Waals surface area contributed by atoms with Gasteiger partial charge in [0, 0.05) is 36.0 Å². The lowest BCUT2D eigenvalue weighted by molar-refractivity contribution is 0.629. The Balaban J connectivity index is 1.48. The van der Waals surface area contributed by atoms with Crippen molar-refractivity contribution in [3.05, 3.63) is 72.8 Å². The van der Waals surface area contributed by atoms with Crippen molar-refractivity contribution in [2.75, 3.05) is 11.9 Å². The number of anilines is 1. The molecule has 0 saturated carbocycles. The van der Waals surface area contributed by atoms with Crippen LogP contribution in [0.3, 0.4) is 0 Å². The highest BCUT2D eigenvalue weighted by Gasteiger charge is 2.11. The number of fused-ring (bicyclic) bond motifs is 2. The fraction of sp³-hybridized carbons (Fsp3) is 0.0952. The minimum Gasteiger partial charge on any atom is -0.368 e. The molecule has 0 aliphatic heterocycles. The van der Waals surface area contributed by atoms with Crippen molar-refractivity contribution in [2.45, 2.75) is 6.42 Å². The maximum absolute atomic E-state index is 13.7. The predicted molar refractivity (Wildman–Crippen MR) is 109 cm³/mol. The molecule has 2 N–H and O–H groups in total. The van der Waals surface area contributed by atoms with E-state index in [0.29, 0.717) is 29.9 Å². The molecule has 8 heteroatoms.